The SMILES string of the molecule is CC(C)(C)Oc1ccc(CN2CCN(c3ccccc3)CC2)cc1. The maximum atomic E-state index is 5.89. The number of rotatable bonds is 4. The van der Waals surface area contributed by atoms with Crippen LogP contribution >= 0.6 is 0 Å². The highest BCUT2D eigenvalue weighted by molar-refractivity contribution is 5.46. The van der Waals surface area contributed by atoms with Gasteiger partial charge in [-0.25, -0.2) is 0 Å². The molecule has 0 atom stereocenters. The fourth-order valence-electron chi connectivity index (χ4n) is 3.08. The molecule has 0 spiro atoms. The number of hydrogen-bond donors (Lipinski definition) is 0. The lowest BCUT2D eigenvalue weighted by Crippen LogP contribution is -2.45. The Bertz CT molecular complexity index is 623. The zero-order valence-electron chi connectivity index (χ0n) is 15.0. The first-order valence-electron chi connectivity index (χ1n) is 8.80. The predicted octanol–water partition coefficient (Wildman–Crippen LogP) is 4.19. The van der Waals surface area contributed by atoms with E-state index >= 15 is 0 Å². The van der Waals surface area contributed by atoms with Crippen molar-refractivity contribution in [1.82, 2.24) is 4.90 Å². The molecule has 2 aromatic carbocycles. The first-order valence-corrected chi connectivity index (χ1v) is 8.80. The molecule has 128 valence electrons. The monoisotopic (exact) mass is 324 g/mol. The van der Waals surface area contributed by atoms with Crippen LogP contribution in [0.15, 0.2) is 54.6 Å². The average Bonchev–Trinajstić information content (AvgIpc) is 2.57. The van der Waals surface area contributed by atoms with Crippen molar-refractivity contribution >= 4 is 5.69 Å². The molecule has 1 fully saturated rings. The Labute approximate surface area is 145 Å². The van der Waals surface area contributed by atoms with Crippen molar-refractivity contribution in [2.45, 2.75) is 32.9 Å². The molecular weight excluding hydrogens is 296 g/mol. The van der Waals surface area contributed by atoms with Crippen molar-refractivity contribution in [1.29, 1.82) is 0 Å². The molecule has 3 rings (SSSR count). The van der Waals surface area contributed by atoms with E-state index in [4.69, 9.17) is 4.74 Å². The number of piperazine rings is 1. The predicted molar refractivity (Wildman–Crippen MR) is 101 cm³/mol. The van der Waals surface area contributed by atoms with Crippen molar-refractivity contribution in [3.63, 3.8) is 0 Å². The molecule has 24 heavy (non-hydrogen) atoms. The van der Waals surface area contributed by atoms with Gasteiger partial charge >= 0.3 is 0 Å². The number of hydrogen-bond acceptors (Lipinski definition) is 3. The van der Waals surface area contributed by atoms with Gasteiger partial charge in [0.15, 0.2) is 0 Å². The first kappa shape index (κ1) is 16.8. The molecule has 2 aromatic rings. The highest BCUT2D eigenvalue weighted by Gasteiger charge is 2.17. The molecule has 0 amide bonds. The van der Waals surface area contributed by atoms with Gasteiger partial charge in [-0.1, -0.05) is 30.3 Å². The molecule has 0 aliphatic carbocycles. The van der Waals surface area contributed by atoms with Gasteiger partial charge in [-0.05, 0) is 50.6 Å². The maximum Gasteiger partial charge on any atom is 0.120 e. The number of benzene rings is 2. The Hall–Kier alpha value is -2.00. The van der Waals surface area contributed by atoms with Crippen LogP contribution in [0, 0.1) is 0 Å². The minimum absolute atomic E-state index is 0.144. The summed E-state index contributed by atoms with van der Waals surface area (Å²) in [5, 5.41) is 0. The zero-order chi connectivity index (χ0) is 17.0. The molecule has 0 unspecified atom stereocenters. The summed E-state index contributed by atoms with van der Waals surface area (Å²) < 4.78 is 5.89. The number of anilines is 1. The lowest BCUT2D eigenvalue weighted by atomic mass is 10.1. The van der Waals surface area contributed by atoms with Gasteiger partial charge in [-0.15, -0.1) is 0 Å². The van der Waals surface area contributed by atoms with Crippen LogP contribution in [0.25, 0.3) is 0 Å². The van der Waals surface area contributed by atoms with Crippen LogP contribution in [-0.4, -0.2) is 36.7 Å². The van der Waals surface area contributed by atoms with E-state index in [0.29, 0.717) is 0 Å². The van der Waals surface area contributed by atoms with E-state index < -0.39 is 0 Å². The zero-order valence-corrected chi connectivity index (χ0v) is 15.0. The largest absolute Gasteiger partial charge is 0.488 e. The van der Waals surface area contributed by atoms with Gasteiger partial charge in [0.05, 0.1) is 0 Å². The molecular formula is C21H28N2O. The minimum Gasteiger partial charge on any atom is -0.488 e. The summed E-state index contributed by atoms with van der Waals surface area (Å²) in [5.41, 5.74) is 2.54. The van der Waals surface area contributed by atoms with E-state index in [1.165, 1.54) is 11.3 Å². The summed E-state index contributed by atoms with van der Waals surface area (Å²) in [7, 11) is 0. The Morgan fingerprint density at radius 3 is 2.04 bits per heavy atom. The van der Waals surface area contributed by atoms with E-state index in [1.54, 1.807) is 0 Å². The summed E-state index contributed by atoms with van der Waals surface area (Å²) >= 11 is 0. The lowest BCUT2D eigenvalue weighted by Gasteiger charge is -2.36. The molecule has 1 aliphatic heterocycles. The summed E-state index contributed by atoms with van der Waals surface area (Å²) in [5.74, 6) is 0.945. The molecule has 0 aromatic heterocycles. The van der Waals surface area contributed by atoms with Gasteiger partial charge in [0, 0.05) is 38.4 Å². The van der Waals surface area contributed by atoms with Gasteiger partial charge in [-0.3, -0.25) is 4.90 Å². The maximum absolute atomic E-state index is 5.89. The van der Waals surface area contributed by atoms with Crippen LogP contribution in [0.3, 0.4) is 0 Å². The third-order valence-electron chi connectivity index (χ3n) is 4.25. The molecule has 3 heteroatoms. The van der Waals surface area contributed by atoms with Crippen molar-refractivity contribution in [2.75, 3.05) is 31.1 Å². The fraction of sp³-hybridized carbons (Fsp3) is 0.429. The molecule has 0 radical (unpaired) electrons. The third-order valence-corrected chi connectivity index (χ3v) is 4.25. The lowest BCUT2D eigenvalue weighted by molar-refractivity contribution is 0.131. The van der Waals surface area contributed by atoms with Crippen molar-refractivity contribution in [3.8, 4) is 5.75 Å². The summed E-state index contributed by atoms with van der Waals surface area (Å²) in [6.07, 6.45) is 0. The summed E-state index contributed by atoms with van der Waals surface area (Å²) in [6, 6.07) is 19.2. The van der Waals surface area contributed by atoms with Crippen LogP contribution in [0.2, 0.25) is 0 Å². The Morgan fingerprint density at radius 1 is 0.833 bits per heavy atom. The van der Waals surface area contributed by atoms with Crippen molar-refractivity contribution in [3.05, 3.63) is 60.2 Å². The van der Waals surface area contributed by atoms with Crippen LogP contribution in [0.4, 0.5) is 5.69 Å². The van der Waals surface area contributed by atoms with Gasteiger partial charge < -0.3 is 9.64 Å². The highest BCUT2D eigenvalue weighted by atomic mass is 16.5. The molecule has 1 heterocycles. The minimum atomic E-state index is -0.144. The van der Waals surface area contributed by atoms with E-state index in [2.05, 4.69) is 85.2 Å². The van der Waals surface area contributed by atoms with Gasteiger partial charge in [0.2, 0.25) is 0 Å². The van der Waals surface area contributed by atoms with Crippen LogP contribution in [0.1, 0.15) is 26.3 Å². The molecule has 0 N–H and O–H groups in total. The molecule has 1 saturated heterocycles. The highest BCUT2D eigenvalue weighted by Crippen LogP contribution is 2.20. The van der Waals surface area contributed by atoms with E-state index in [-0.39, 0.29) is 5.60 Å². The fourth-order valence-corrected chi connectivity index (χ4v) is 3.08. The molecule has 1 aliphatic rings. The van der Waals surface area contributed by atoms with Crippen molar-refractivity contribution in [2.24, 2.45) is 0 Å². The van der Waals surface area contributed by atoms with Crippen LogP contribution in [-0.2, 0) is 6.54 Å². The molecule has 3 nitrogen and oxygen atoms in total. The van der Waals surface area contributed by atoms with Gasteiger partial charge in [0.1, 0.15) is 11.4 Å². The second-order valence-corrected chi connectivity index (χ2v) is 7.46. The topological polar surface area (TPSA) is 15.7 Å². The normalized spacial score (nSPS) is 16.2. The van der Waals surface area contributed by atoms with E-state index in [9.17, 15) is 0 Å². The number of nitrogens with zero attached hydrogens (tertiary/aromatic N) is 2. The standard InChI is InChI=1S/C21H28N2O/c1-21(2,3)24-20-11-9-18(10-12-20)17-22-13-15-23(16-14-22)19-7-5-4-6-8-19/h4-12H,13-17H2,1-3H3. The number of ether oxygens (including phenoxy) is 1. The average molecular weight is 324 g/mol. The summed E-state index contributed by atoms with van der Waals surface area (Å²) in [6.45, 7) is 11.6. The van der Waals surface area contributed by atoms with E-state index in [0.717, 1.165) is 38.5 Å². The molecule has 0 saturated carbocycles. The summed E-state index contributed by atoms with van der Waals surface area (Å²) in [4.78, 5) is 5.00. The van der Waals surface area contributed by atoms with Gasteiger partial charge in [0.25, 0.3) is 0 Å². The van der Waals surface area contributed by atoms with E-state index in [1.807, 2.05) is 0 Å². The van der Waals surface area contributed by atoms with Crippen LogP contribution in [0.5, 0.6) is 5.75 Å². The quantitative estimate of drug-likeness (QED) is 0.839. The Kier molecular flexibility index (Phi) is 5.10. The third kappa shape index (κ3) is 4.75. The second-order valence-electron chi connectivity index (χ2n) is 7.46. The Balaban J connectivity index is 1.51. The van der Waals surface area contributed by atoms with Crippen LogP contribution < -0.4 is 9.64 Å². The smallest absolute Gasteiger partial charge is 0.120 e. The van der Waals surface area contributed by atoms with Gasteiger partial charge in [-0.2, -0.15) is 0 Å². The number of para-hydroxylation sites is 1. The Morgan fingerprint density at radius 2 is 1.46 bits per heavy atom. The first-order chi connectivity index (χ1) is 11.5. The van der Waals surface area contributed by atoms with Crippen molar-refractivity contribution < 1.29 is 4.74 Å². The molecule has 0 bridgehead atoms. The second kappa shape index (κ2) is 7.27.